The molecule has 0 aliphatic heterocycles. The average molecular weight is 843 g/mol. The monoisotopic (exact) mass is 842 g/mol. The topological polar surface area (TPSA) is 46.5 Å². The van der Waals surface area contributed by atoms with Gasteiger partial charge in [-0.15, -0.1) is 0 Å². The van der Waals surface area contributed by atoms with Gasteiger partial charge in [-0.3, -0.25) is 4.98 Å². The summed E-state index contributed by atoms with van der Waals surface area (Å²) in [4.78, 5) is 4.89. The maximum atomic E-state index is 11.2. The lowest BCUT2D eigenvalue weighted by Gasteiger charge is -2.22. The van der Waals surface area contributed by atoms with Gasteiger partial charge < -0.3 is 9.13 Å². The van der Waals surface area contributed by atoms with Crippen molar-refractivity contribution in [1.82, 2.24) is 14.1 Å². The Morgan fingerprint density at radius 2 is 0.636 bits per heavy atom. The van der Waals surface area contributed by atoms with Crippen molar-refractivity contribution in [2.24, 2.45) is 0 Å². The highest BCUT2D eigenvalue weighted by molar-refractivity contribution is 6.14. The molecule has 0 spiro atoms. The number of aromatic nitrogens is 3. The fraction of sp³-hybridized carbons (Fsp3) is 0.0323. The van der Waals surface area contributed by atoms with Crippen LogP contribution >= 0.6 is 0 Å². The van der Waals surface area contributed by atoms with Crippen LogP contribution in [-0.2, 0) is 0 Å². The van der Waals surface area contributed by atoms with Crippen molar-refractivity contribution in [2.75, 3.05) is 0 Å². The summed E-state index contributed by atoms with van der Waals surface area (Å²) >= 11 is 0. The number of hydrogen-bond acceptors (Lipinski definition) is 2. The van der Waals surface area contributed by atoms with Crippen molar-refractivity contribution < 1.29 is 0 Å². The van der Waals surface area contributed by atoms with E-state index < -0.39 is 0 Å². The third-order valence-electron chi connectivity index (χ3n) is 13.0. The summed E-state index contributed by atoms with van der Waals surface area (Å²) in [6.45, 7) is 4.13. The molecule has 0 N–H and O–H groups in total. The Balaban J connectivity index is 1.26. The minimum atomic E-state index is 0.563. The van der Waals surface area contributed by atoms with Crippen LogP contribution in [-0.4, -0.2) is 14.1 Å². The van der Waals surface area contributed by atoms with Crippen LogP contribution in [0.15, 0.2) is 218 Å². The van der Waals surface area contributed by atoms with Crippen LogP contribution in [0.1, 0.15) is 17.0 Å². The van der Waals surface area contributed by atoms with Gasteiger partial charge in [-0.05, 0) is 112 Å². The van der Waals surface area contributed by atoms with Crippen molar-refractivity contribution >= 4 is 43.6 Å². The SMILES string of the molecule is Cc1cc(-c2c(-n3c4cc(-c5ccccc5)ccc4c4ccc(-c5ccccc5)cc43)cc(C#N)cc2-n2c3cc(-c4ccccc4)ccc3c3ccc(-c4ccccc4)cc32)cc(C)n1. The van der Waals surface area contributed by atoms with Gasteiger partial charge >= 0.3 is 0 Å². The Hall–Kier alpha value is -8.78. The number of aryl methyl sites for hydroxylation is 2. The number of fused-ring (bicyclic) bond motifs is 6. The van der Waals surface area contributed by atoms with Crippen LogP contribution in [0.3, 0.4) is 0 Å². The molecule has 0 saturated heterocycles. The molecule has 0 atom stereocenters. The fourth-order valence-corrected chi connectivity index (χ4v) is 10.1. The molecular formula is C62H42N4. The lowest BCUT2D eigenvalue weighted by Crippen LogP contribution is -2.06. The minimum Gasteiger partial charge on any atom is -0.308 e. The Morgan fingerprint density at radius 3 is 0.924 bits per heavy atom. The second-order valence-electron chi connectivity index (χ2n) is 17.2. The van der Waals surface area contributed by atoms with Gasteiger partial charge in [0.1, 0.15) is 0 Å². The van der Waals surface area contributed by atoms with Gasteiger partial charge in [-0.1, -0.05) is 170 Å². The largest absolute Gasteiger partial charge is 0.308 e. The van der Waals surface area contributed by atoms with E-state index in [1.165, 1.54) is 0 Å². The number of hydrogen-bond donors (Lipinski definition) is 0. The van der Waals surface area contributed by atoms with Crippen molar-refractivity contribution in [2.45, 2.75) is 13.8 Å². The van der Waals surface area contributed by atoms with E-state index in [-0.39, 0.29) is 0 Å². The summed E-state index contributed by atoms with van der Waals surface area (Å²) in [5, 5.41) is 15.7. The van der Waals surface area contributed by atoms with Crippen LogP contribution < -0.4 is 0 Å². The number of rotatable bonds is 7. The molecule has 0 aliphatic carbocycles. The third-order valence-corrected chi connectivity index (χ3v) is 13.0. The van der Waals surface area contributed by atoms with Gasteiger partial charge in [-0.2, -0.15) is 5.26 Å². The molecule has 12 aromatic rings. The first-order valence-corrected chi connectivity index (χ1v) is 22.4. The second-order valence-corrected chi connectivity index (χ2v) is 17.2. The van der Waals surface area contributed by atoms with Crippen molar-refractivity contribution in [3.8, 4) is 73.1 Å². The molecule has 4 heteroatoms. The van der Waals surface area contributed by atoms with E-state index in [1.54, 1.807) is 0 Å². The zero-order chi connectivity index (χ0) is 44.3. The van der Waals surface area contributed by atoms with Crippen LogP contribution in [0.25, 0.3) is 111 Å². The predicted molar refractivity (Wildman–Crippen MR) is 274 cm³/mol. The summed E-state index contributed by atoms with van der Waals surface area (Å²) < 4.78 is 4.82. The standard InChI is InChI=1S/C62H42N4/c1-40-31-51(32-41(2)64-40)62-60(65-56-35-47(43-15-7-3-8-16-43)23-27-52(56)53-28-24-48(36-57(53)65)44-17-9-4-10-18-44)33-42(39-63)34-61(62)66-58-37-49(45-19-11-5-12-20-45)25-29-54(58)55-30-26-50(38-59(55)66)46-21-13-6-14-22-46/h3-38H,1-2H3. The molecule has 3 heterocycles. The number of nitriles is 1. The Bertz CT molecular complexity index is 3440. The Labute approximate surface area is 383 Å². The molecule has 0 unspecified atom stereocenters. The molecule has 0 radical (unpaired) electrons. The van der Waals surface area contributed by atoms with Crippen LogP contribution in [0.4, 0.5) is 0 Å². The molecule has 310 valence electrons. The van der Waals surface area contributed by atoms with Crippen molar-refractivity contribution in [3.63, 3.8) is 0 Å². The van der Waals surface area contributed by atoms with E-state index in [2.05, 4.69) is 247 Å². The minimum absolute atomic E-state index is 0.563. The van der Waals surface area contributed by atoms with Crippen molar-refractivity contribution in [3.05, 3.63) is 235 Å². The van der Waals surface area contributed by atoms with Crippen LogP contribution in [0.2, 0.25) is 0 Å². The highest BCUT2D eigenvalue weighted by Crippen LogP contribution is 2.45. The quantitative estimate of drug-likeness (QED) is 0.160. The Kier molecular flexibility index (Phi) is 9.29. The lowest BCUT2D eigenvalue weighted by atomic mass is 9.97. The molecule has 0 aliphatic rings. The van der Waals surface area contributed by atoms with Gasteiger partial charge in [0.25, 0.3) is 0 Å². The van der Waals surface area contributed by atoms with Gasteiger partial charge in [0, 0.05) is 38.5 Å². The first kappa shape index (κ1) is 38.9. The maximum Gasteiger partial charge on any atom is 0.0993 e. The van der Waals surface area contributed by atoms with Crippen molar-refractivity contribution in [1.29, 1.82) is 5.26 Å². The van der Waals surface area contributed by atoms with Gasteiger partial charge in [-0.25, -0.2) is 0 Å². The number of pyridine rings is 1. The van der Waals surface area contributed by atoms with E-state index in [0.29, 0.717) is 5.56 Å². The molecular weight excluding hydrogens is 801 g/mol. The highest BCUT2D eigenvalue weighted by Gasteiger charge is 2.25. The summed E-state index contributed by atoms with van der Waals surface area (Å²) in [6, 6.07) is 80.7. The normalized spacial score (nSPS) is 11.5. The molecule has 0 bridgehead atoms. The first-order valence-electron chi connectivity index (χ1n) is 22.4. The summed E-state index contributed by atoms with van der Waals surface area (Å²) in [6.07, 6.45) is 0. The molecule has 3 aromatic heterocycles. The Morgan fingerprint density at radius 1 is 0.333 bits per heavy atom. The van der Waals surface area contributed by atoms with Gasteiger partial charge in [0.2, 0.25) is 0 Å². The molecule has 0 saturated carbocycles. The number of nitrogens with zero attached hydrogens (tertiary/aromatic N) is 4. The van der Waals surface area contributed by atoms with Crippen LogP contribution in [0.5, 0.6) is 0 Å². The lowest BCUT2D eigenvalue weighted by molar-refractivity contribution is 1.11. The smallest absolute Gasteiger partial charge is 0.0993 e. The van der Waals surface area contributed by atoms with E-state index in [9.17, 15) is 5.26 Å². The van der Waals surface area contributed by atoms with E-state index in [0.717, 1.165) is 122 Å². The zero-order valence-corrected chi connectivity index (χ0v) is 36.6. The molecule has 12 rings (SSSR count). The fourth-order valence-electron chi connectivity index (χ4n) is 10.1. The summed E-state index contributed by atoms with van der Waals surface area (Å²) in [5.74, 6) is 0. The van der Waals surface area contributed by atoms with E-state index >= 15 is 0 Å². The molecule has 0 amide bonds. The maximum absolute atomic E-state index is 11.2. The number of benzene rings is 9. The highest BCUT2D eigenvalue weighted by atomic mass is 15.0. The predicted octanol–water partition coefficient (Wildman–Crippen LogP) is 16.1. The van der Waals surface area contributed by atoms with Gasteiger partial charge in [0.05, 0.1) is 45.1 Å². The molecule has 0 fully saturated rings. The summed E-state index contributed by atoms with van der Waals surface area (Å²) in [7, 11) is 0. The molecule has 66 heavy (non-hydrogen) atoms. The zero-order valence-electron chi connectivity index (χ0n) is 36.6. The third kappa shape index (κ3) is 6.57. The van der Waals surface area contributed by atoms with E-state index in [1.807, 2.05) is 0 Å². The first-order chi connectivity index (χ1) is 32.5. The summed E-state index contributed by atoms with van der Waals surface area (Å²) in [5.41, 5.74) is 19.5. The average Bonchev–Trinajstić information content (AvgIpc) is 3.87. The molecule has 4 nitrogen and oxygen atoms in total. The van der Waals surface area contributed by atoms with E-state index in [4.69, 9.17) is 4.98 Å². The molecule has 9 aromatic carbocycles. The van der Waals surface area contributed by atoms with Crippen LogP contribution in [0, 0.1) is 25.2 Å². The van der Waals surface area contributed by atoms with Gasteiger partial charge in [0.15, 0.2) is 0 Å². The second kappa shape index (κ2) is 15.8.